The molecular weight excluding hydrogens is 146 g/mol. The van der Waals surface area contributed by atoms with E-state index in [1.807, 2.05) is 0 Å². The summed E-state index contributed by atoms with van der Waals surface area (Å²) >= 11 is 0. The highest BCUT2D eigenvalue weighted by atomic mass is 17.1. The van der Waals surface area contributed by atoms with E-state index in [1.165, 1.54) is 0 Å². The van der Waals surface area contributed by atoms with Crippen molar-refractivity contribution in [2.75, 3.05) is 0 Å². The van der Waals surface area contributed by atoms with Gasteiger partial charge in [-0.25, -0.2) is 4.84 Å². The lowest BCUT2D eigenvalue weighted by atomic mass is 9.75. The Bertz CT molecular complexity index is 121. The first-order valence-corrected chi connectivity index (χ1v) is 3.94. The zero-order valence-corrected chi connectivity index (χ0v) is 6.90. The van der Waals surface area contributed by atoms with E-state index < -0.39 is 0 Å². The number of hydrogen-bond donors (Lipinski definition) is 2. The largest absolute Gasteiger partial charge is 0.266 e. The maximum Gasteiger partial charge on any atom is 0.0849 e. The predicted molar refractivity (Wildman–Crippen MR) is 37.8 cm³/mol. The summed E-state index contributed by atoms with van der Waals surface area (Å²) in [7, 11) is 0. The molecule has 0 spiro atoms. The predicted octanol–water partition coefficient (Wildman–Crippen LogP) is 1.43. The van der Waals surface area contributed by atoms with Crippen LogP contribution in [-0.4, -0.2) is 21.9 Å². The van der Waals surface area contributed by atoms with Crippen molar-refractivity contribution in [2.24, 2.45) is 11.8 Å². The molecule has 0 aromatic heterocycles. The molecule has 1 saturated carbocycles. The highest BCUT2D eigenvalue weighted by Crippen LogP contribution is 2.35. The second-order valence-corrected chi connectivity index (χ2v) is 3.46. The van der Waals surface area contributed by atoms with Crippen LogP contribution in [-0.2, 0) is 4.84 Å². The summed E-state index contributed by atoms with van der Waals surface area (Å²) in [6, 6.07) is 0. The molecule has 0 amide bonds. The molecule has 2 N–H and O–H groups in total. The molecule has 1 rings (SSSR count). The van der Waals surface area contributed by atoms with Crippen molar-refractivity contribution < 1.29 is 15.3 Å². The Hall–Kier alpha value is -0.160. The van der Waals surface area contributed by atoms with Crippen molar-refractivity contribution in [2.45, 2.75) is 32.8 Å². The van der Waals surface area contributed by atoms with E-state index in [4.69, 9.17) is 10.4 Å². The van der Waals surface area contributed by atoms with Gasteiger partial charge in [-0.05, 0) is 24.7 Å². The lowest BCUT2D eigenvalue weighted by molar-refractivity contribution is -0.511. The maximum atomic E-state index is 8.28. The van der Waals surface area contributed by atoms with Crippen molar-refractivity contribution >= 4 is 0 Å². The van der Waals surface area contributed by atoms with Gasteiger partial charge in [0.25, 0.3) is 0 Å². The summed E-state index contributed by atoms with van der Waals surface area (Å²) in [5, 5.41) is 16.4. The summed E-state index contributed by atoms with van der Waals surface area (Å²) in [5.41, 5.74) is 0. The van der Waals surface area contributed by atoms with Gasteiger partial charge in [-0.15, -0.1) is 0 Å². The average molecular weight is 161 g/mol. The molecule has 0 unspecified atom stereocenters. The van der Waals surface area contributed by atoms with E-state index in [0.29, 0.717) is 11.8 Å². The standard InChI is InChI=1S/C7H15NO3/c1-5(2)6-3-7(4-6)11-8(9)10/h5-7,9-10H,3-4H2,1-2H3. The van der Waals surface area contributed by atoms with Gasteiger partial charge in [0, 0.05) is 0 Å². The summed E-state index contributed by atoms with van der Waals surface area (Å²) in [5.74, 6) is 1.35. The van der Waals surface area contributed by atoms with Gasteiger partial charge in [0.1, 0.15) is 0 Å². The molecule has 1 aliphatic carbocycles. The molecule has 4 heteroatoms. The number of hydrogen-bond acceptors (Lipinski definition) is 4. The first kappa shape index (κ1) is 8.93. The van der Waals surface area contributed by atoms with Crippen LogP contribution in [0.3, 0.4) is 0 Å². The van der Waals surface area contributed by atoms with Crippen LogP contribution >= 0.6 is 0 Å². The fourth-order valence-electron chi connectivity index (χ4n) is 1.37. The van der Waals surface area contributed by atoms with Gasteiger partial charge >= 0.3 is 0 Å². The molecule has 1 fully saturated rings. The molecule has 11 heavy (non-hydrogen) atoms. The number of rotatable bonds is 3. The minimum atomic E-state index is -0.193. The smallest absolute Gasteiger partial charge is 0.0849 e. The monoisotopic (exact) mass is 161 g/mol. The minimum absolute atomic E-state index is 0.00241. The topological polar surface area (TPSA) is 52.9 Å². The Balaban J connectivity index is 2.09. The Labute approximate surface area is 66.2 Å². The van der Waals surface area contributed by atoms with E-state index in [0.717, 1.165) is 12.8 Å². The minimum Gasteiger partial charge on any atom is -0.266 e. The van der Waals surface area contributed by atoms with Gasteiger partial charge in [-0.1, -0.05) is 13.8 Å². The van der Waals surface area contributed by atoms with Crippen molar-refractivity contribution in [1.29, 1.82) is 0 Å². The highest BCUT2D eigenvalue weighted by Gasteiger charge is 2.33. The van der Waals surface area contributed by atoms with Crippen molar-refractivity contribution in [3.05, 3.63) is 0 Å². The van der Waals surface area contributed by atoms with Gasteiger partial charge in [0.2, 0.25) is 0 Å². The molecule has 0 aliphatic heterocycles. The summed E-state index contributed by atoms with van der Waals surface area (Å²) in [6.45, 7) is 4.33. The summed E-state index contributed by atoms with van der Waals surface area (Å²) in [6.07, 6.45) is 1.85. The van der Waals surface area contributed by atoms with Gasteiger partial charge in [-0.3, -0.25) is 10.4 Å². The van der Waals surface area contributed by atoms with E-state index in [1.54, 1.807) is 0 Å². The molecular formula is C7H15NO3. The third-order valence-electron chi connectivity index (χ3n) is 2.32. The van der Waals surface area contributed by atoms with Crippen LogP contribution in [0.2, 0.25) is 0 Å². The molecule has 0 bridgehead atoms. The summed E-state index contributed by atoms with van der Waals surface area (Å²) < 4.78 is 0. The zero-order valence-electron chi connectivity index (χ0n) is 6.90. The van der Waals surface area contributed by atoms with Crippen LogP contribution in [0, 0.1) is 11.8 Å². The fraction of sp³-hybridized carbons (Fsp3) is 1.00. The van der Waals surface area contributed by atoms with Crippen molar-refractivity contribution in [3.8, 4) is 0 Å². The quantitative estimate of drug-likeness (QED) is 0.615. The third-order valence-corrected chi connectivity index (χ3v) is 2.32. The normalized spacial score (nSPS) is 31.1. The Kier molecular flexibility index (Phi) is 2.84. The van der Waals surface area contributed by atoms with Gasteiger partial charge in [0.05, 0.1) is 11.5 Å². The molecule has 1 aliphatic rings. The van der Waals surface area contributed by atoms with Gasteiger partial charge < -0.3 is 0 Å². The first-order valence-electron chi connectivity index (χ1n) is 3.94. The van der Waals surface area contributed by atoms with E-state index >= 15 is 0 Å². The Morgan fingerprint density at radius 1 is 1.36 bits per heavy atom. The van der Waals surface area contributed by atoms with Crippen molar-refractivity contribution in [3.63, 3.8) is 0 Å². The van der Waals surface area contributed by atoms with Crippen LogP contribution in [0.4, 0.5) is 0 Å². The molecule has 0 aromatic carbocycles. The van der Waals surface area contributed by atoms with Gasteiger partial charge in [-0.2, -0.15) is 0 Å². The molecule has 0 atom stereocenters. The zero-order chi connectivity index (χ0) is 8.43. The SMILES string of the molecule is CC(C)C1CC(ON(O)O)C1. The lowest BCUT2D eigenvalue weighted by Gasteiger charge is -2.37. The van der Waals surface area contributed by atoms with Crippen LogP contribution in [0.5, 0.6) is 0 Å². The molecule has 0 radical (unpaired) electrons. The molecule has 66 valence electrons. The van der Waals surface area contributed by atoms with E-state index in [9.17, 15) is 0 Å². The van der Waals surface area contributed by atoms with Crippen LogP contribution in [0.25, 0.3) is 0 Å². The molecule has 0 heterocycles. The van der Waals surface area contributed by atoms with Crippen LogP contribution in [0.15, 0.2) is 0 Å². The van der Waals surface area contributed by atoms with Crippen LogP contribution in [0.1, 0.15) is 26.7 Å². The average Bonchev–Trinajstić information content (AvgIpc) is 1.75. The molecule has 4 nitrogen and oxygen atoms in total. The second kappa shape index (κ2) is 3.49. The summed E-state index contributed by atoms with van der Waals surface area (Å²) in [4.78, 5) is 4.61. The number of nitrogens with zero attached hydrogens (tertiary/aromatic N) is 1. The highest BCUT2D eigenvalue weighted by molar-refractivity contribution is 4.81. The van der Waals surface area contributed by atoms with Crippen molar-refractivity contribution in [1.82, 2.24) is 5.39 Å². The molecule has 0 saturated heterocycles. The molecule has 0 aromatic rings. The first-order chi connectivity index (χ1) is 5.09. The fourth-order valence-corrected chi connectivity index (χ4v) is 1.37. The Morgan fingerprint density at radius 2 is 1.91 bits per heavy atom. The van der Waals surface area contributed by atoms with Gasteiger partial charge in [0.15, 0.2) is 0 Å². The van der Waals surface area contributed by atoms with E-state index in [2.05, 4.69) is 18.7 Å². The van der Waals surface area contributed by atoms with Crippen LogP contribution < -0.4 is 0 Å². The third kappa shape index (κ3) is 2.41. The maximum absolute atomic E-state index is 8.28. The lowest BCUT2D eigenvalue weighted by Crippen LogP contribution is -2.37. The van der Waals surface area contributed by atoms with E-state index in [-0.39, 0.29) is 11.5 Å². The second-order valence-electron chi connectivity index (χ2n) is 3.46. The Morgan fingerprint density at radius 3 is 2.27 bits per heavy atom.